The van der Waals surface area contributed by atoms with Crippen LogP contribution in [0.25, 0.3) is 5.69 Å². The van der Waals surface area contributed by atoms with Crippen LogP contribution in [-0.4, -0.2) is 22.1 Å². The summed E-state index contributed by atoms with van der Waals surface area (Å²) in [6.45, 7) is 4.33. The van der Waals surface area contributed by atoms with Gasteiger partial charge in [-0.1, -0.05) is 34.1 Å². The number of rotatable bonds is 6. The molecule has 134 valence electrons. The smallest absolute Gasteiger partial charge is 0.258 e. The lowest BCUT2D eigenvalue weighted by atomic mass is 10.1. The van der Waals surface area contributed by atoms with E-state index in [-0.39, 0.29) is 12.5 Å². The van der Waals surface area contributed by atoms with Crippen molar-refractivity contribution in [3.63, 3.8) is 0 Å². The van der Waals surface area contributed by atoms with Crippen molar-refractivity contribution in [3.05, 3.63) is 76.3 Å². The van der Waals surface area contributed by atoms with E-state index in [0.29, 0.717) is 12.3 Å². The second-order valence-electron chi connectivity index (χ2n) is 5.95. The van der Waals surface area contributed by atoms with Crippen LogP contribution in [0.2, 0.25) is 0 Å². The van der Waals surface area contributed by atoms with E-state index in [1.54, 1.807) is 6.20 Å². The summed E-state index contributed by atoms with van der Waals surface area (Å²) in [6.07, 6.45) is 3.67. The molecule has 26 heavy (non-hydrogen) atoms. The maximum absolute atomic E-state index is 12.1. The van der Waals surface area contributed by atoms with Crippen LogP contribution in [0.4, 0.5) is 0 Å². The largest absolute Gasteiger partial charge is 0.484 e. The van der Waals surface area contributed by atoms with Gasteiger partial charge in [0.2, 0.25) is 0 Å². The average molecular weight is 414 g/mol. The summed E-state index contributed by atoms with van der Waals surface area (Å²) in [7, 11) is 0. The van der Waals surface area contributed by atoms with E-state index in [1.807, 2.05) is 67.1 Å². The number of nitrogens with zero attached hydrogens (tertiary/aromatic N) is 2. The minimum Gasteiger partial charge on any atom is -0.484 e. The normalized spacial score (nSPS) is 10.6. The molecule has 0 saturated carbocycles. The molecule has 0 saturated heterocycles. The van der Waals surface area contributed by atoms with Gasteiger partial charge in [0, 0.05) is 23.4 Å². The third-order valence-electron chi connectivity index (χ3n) is 4.05. The number of carbonyl (C=O) groups is 1. The Balaban J connectivity index is 1.60. The first kappa shape index (κ1) is 18.2. The number of hydrogen-bond donors (Lipinski definition) is 1. The fourth-order valence-electron chi connectivity index (χ4n) is 2.63. The molecule has 2 aromatic carbocycles. The first-order valence-electron chi connectivity index (χ1n) is 8.28. The first-order chi connectivity index (χ1) is 12.5. The van der Waals surface area contributed by atoms with Crippen molar-refractivity contribution < 1.29 is 9.53 Å². The molecule has 1 aromatic heterocycles. The Hall–Kier alpha value is -2.60. The Morgan fingerprint density at radius 2 is 2.04 bits per heavy atom. The third kappa shape index (κ3) is 4.32. The van der Waals surface area contributed by atoms with Gasteiger partial charge in [0.05, 0.1) is 5.69 Å². The standard InChI is InChI=1S/C20H20BrN3O2/c1-14-11-17(7-8-18(14)21)26-13-20(25)23-12-16-5-3-4-6-19(16)24-10-9-22-15(24)2/h3-11H,12-13H2,1-2H3,(H,23,25). The molecule has 6 heteroatoms. The highest BCUT2D eigenvalue weighted by Gasteiger charge is 2.09. The molecule has 0 spiro atoms. The second-order valence-corrected chi connectivity index (χ2v) is 6.80. The van der Waals surface area contributed by atoms with Gasteiger partial charge in [-0.15, -0.1) is 0 Å². The number of ether oxygens (including phenoxy) is 1. The zero-order chi connectivity index (χ0) is 18.5. The first-order valence-corrected chi connectivity index (χ1v) is 9.08. The molecular formula is C20H20BrN3O2. The van der Waals surface area contributed by atoms with Crippen molar-refractivity contribution >= 4 is 21.8 Å². The molecule has 0 aliphatic carbocycles. The van der Waals surface area contributed by atoms with E-state index in [0.717, 1.165) is 27.1 Å². The van der Waals surface area contributed by atoms with Crippen LogP contribution in [0.5, 0.6) is 5.75 Å². The quantitative estimate of drug-likeness (QED) is 0.665. The zero-order valence-corrected chi connectivity index (χ0v) is 16.3. The molecule has 0 aliphatic rings. The molecule has 1 heterocycles. The number of benzene rings is 2. The zero-order valence-electron chi connectivity index (χ0n) is 14.7. The molecule has 3 rings (SSSR count). The highest BCUT2D eigenvalue weighted by atomic mass is 79.9. The number of para-hydroxylation sites is 1. The van der Waals surface area contributed by atoms with Gasteiger partial charge in [-0.25, -0.2) is 4.98 Å². The Labute approximate surface area is 161 Å². The summed E-state index contributed by atoms with van der Waals surface area (Å²) in [6, 6.07) is 13.6. The van der Waals surface area contributed by atoms with Crippen LogP contribution in [0.1, 0.15) is 17.0 Å². The summed E-state index contributed by atoms with van der Waals surface area (Å²) < 4.78 is 8.58. The molecular weight excluding hydrogens is 394 g/mol. The maximum atomic E-state index is 12.1. The highest BCUT2D eigenvalue weighted by Crippen LogP contribution is 2.21. The third-order valence-corrected chi connectivity index (χ3v) is 4.94. The number of aryl methyl sites for hydroxylation is 2. The average Bonchev–Trinajstić information content (AvgIpc) is 3.07. The van der Waals surface area contributed by atoms with Crippen molar-refractivity contribution in [2.45, 2.75) is 20.4 Å². The Bertz CT molecular complexity index is 921. The number of hydrogen-bond acceptors (Lipinski definition) is 3. The van der Waals surface area contributed by atoms with Crippen molar-refractivity contribution in [3.8, 4) is 11.4 Å². The molecule has 5 nitrogen and oxygen atoms in total. The van der Waals surface area contributed by atoms with Gasteiger partial charge in [0.25, 0.3) is 5.91 Å². The lowest BCUT2D eigenvalue weighted by Gasteiger charge is -2.13. The van der Waals surface area contributed by atoms with Gasteiger partial charge in [0.1, 0.15) is 11.6 Å². The van der Waals surface area contributed by atoms with Crippen LogP contribution in [0, 0.1) is 13.8 Å². The summed E-state index contributed by atoms with van der Waals surface area (Å²) in [4.78, 5) is 16.4. The van der Waals surface area contributed by atoms with Gasteiger partial charge in [-0.05, 0) is 49.2 Å². The monoisotopic (exact) mass is 413 g/mol. The molecule has 1 amide bonds. The summed E-state index contributed by atoms with van der Waals surface area (Å²) in [5.41, 5.74) is 3.08. The van der Waals surface area contributed by atoms with Gasteiger partial charge in [-0.3, -0.25) is 4.79 Å². The number of halogens is 1. The molecule has 0 fully saturated rings. The van der Waals surface area contributed by atoms with E-state index in [9.17, 15) is 4.79 Å². The fraction of sp³-hybridized carbons (Fsp3) is 0.200. The second kappa shape index (κ2) is 8.19. The van der Waals surface area contributed by atoms with E-state index < -0.39 is 0 Å². The molecule has 0 atom stereocenters. The van der Waals surface area contributed by atoms with Gasteiger partial charge in [0.15, 0.2) is 6.61 Å². The van der Waals surface area contributed by atoms with Crippen LogP contribution in [0.3, 0.4) is 0 Å². The minimum atomic E-state index is -0.164. The van der Waals surface area contributed by atoms with Gasteiger partial charge >= 0.3 is 0 Å². The highest BCUT2D eigenvalue weighted by molar-refractivity contribution is 9.10. The Kier molecular flexibility index (Phi) is 5.73. The van der Waals surface area contributed by atoms with Crippen molar-refractivity contribution in [1.29, 1.82) is 0 Å². The molecule has 0 unspecified atom stereocenters. The Morgan fingerprint density at radius 1 is 1.23 bits per heavy atom. The van der Waals surface area contributed by atoms with Gasteiger partial charge < -0.3 is 14.6 Å². The van der Waals surface area contributed by atoms with Gasteiger partial charge in [-0.2, -0.15) is 0 Å². The summed E-state index contributed by atoms with van der Waals surface area (Å²) >= 11 is 3.45. The Morgan fingerprint density at radius 3 is 2.77 bits per heavy atom. The van der Waals surface area contributed by atoms with Crippen molar-refractivity contribution in [1.82, 2.24) is 14.9 Å². The van der Waals surface area contributed by atoms with Crippen molar-refractivity contribution in [2.75, 3.05) is 6.61 Å². The molecule has 0 bridgehead atoms. The van der Waals surface area contributed by atoms with E-state index in [1.165, 1.54) is 0 Å². The number of nitrogens with one attached hydrogen (secondary N) is 1. The number of carbonyl (C=O) groups excluding carboxylic acids is 1. The fourth-order valence-corrected chi connectivity index (χ4v) is 2.88. The van der Waals surface area contributed by atoms with E-state index >= 15 is 0 Å². The molecule has 0 radical (unpaired) electrons. The van der Waals surface area contributed by atoms with Crippen LogP contribution in [0.15, 0.2) is 59.3 Å². The topological polar surface area (TPSA) is 56.1 Å². The number of aromatic nitrogens is 2. The minimum absolute atomic E-state index is 0.0205. The molecule has 1 N–H and O–H groups in total. The maximum Gasteiger partial charge on any atom is 0.258 e. The SMILES string of the molecule is Cc1cc(OCC(=O)NCc2ccccc2-n2ccnc2C)ccc1Br. The number of amides is 1. The van der Waals surface area contributed by atoms with Crippen LogP contribution >= 0.6 is 15.9 Å². The van der Waals surface area contributed by atoms with E-state index in [2.05, 4.69) is 26.2 Å². The molecule has 3 aromatic rings. The number of imidazole rings is 1. The molecule has 0 aliphatic heterocycles. The predicted octanol–water partition coefficient (Wildman–Crippen LogP) is 3.95. The van der Waals surface area contributed by atoms with Crippen LogP contribution in [-0.2, 0) is 11.3 Å². The predicted molar refractivity (Wildman–Crippen MR) is 105 cm³/mol. The lowest BCUT2D eigenvalue weighted by Crippen LogP contribution is -2.28. The van der Waals surface area contributed by atoms with E-state index in [4.69, 9.17) is 4.74 Å². The lowest BCUT2D eigenvalue weighted by molar-refractivity contribution is -0.123. The summed E-state index contributed by atoms with van der Waals surface area (Å²) in [5.74, 6) is 1.41. The van der Waals surface area contributed by atoms with Crippen molar-refractivity contribution in [2.24, 2.45) is 0 Å². The van der Waals surface area contributed by atoms with Crippen LogP contribution < -0.4 is 10.1 Å². The summed E-state index contributed by atoms with van der Waals surface area (Å²) in [5, 5.41) is 2.91.